The van der Waals surface area contributed by atoms with Gasteiger partial charge in [0.1, 0.15) is 0 Å². The number of nitro benzene ring substituents is 1. The fourth-order valence-corrected chi connectivity index (χ4v) is 1.76. The van der Waals surface area contributed by atoms with Gasteiger partial charge in [-0.3, -0.25) is 10.1 Å². The Bertz CT molecular complexity index is 602. The van der Waals surface area contributed by atoms with E-state index in [1.165, 1.54) is 12.1 Å². The summed E-state index contributed by atoms with van der Waals surface area (Å²) in [5.74, 6) is 0.545. The van der Waals surface area contributed by atoms with Crippen molar-refractivity contribution in [2.45, 2.75) is 0 Å². The molecule has 0 radical (unpaired) electrons. The molecule has 0 unspecified atom stereocenters. The van der Waals surface area contributed by atoms with Crippen LogP contribution in [0.2, 0.25) is 0 Å². The number of nitrogens with zero attached hydrogens (tertiary/aromatic N) is 1. The summed E-state index contributed by atoms with van der Waals surface area (Å²) in [5.41, 5.74) is 6.03. The molecule has 2 aromatic rings. The Labute approximate surface area is 111 Å². The van der Waals surface area contributed by atoms with Gasteiger partial charge >= 0.3 is 5.69 Å². The highest BCUT2D eigenvalue weighted by molar-refractivity contribution is 9.10. The number of para-hydroxylation sites is 2. The summed E-state index contributed by atoms with van der Waals surface area (Å²) in [6.07, 6.45) is 0. The maximum Gasteiger partial charge on any atom is 0.312 e. The van der Waals surface area contributed by atoms with Gasteiger partial charge in [-0.15, -0.1) is 0 Å². The van der Waals surface area contributed by atoms with E-state index in [4.69, 9.17) is 10.5 Å². The van der Waals surface area contributed by atoms with Gasteiger partial charge in [0.2, 0.25) is 5.75 Å². The van der Waals surface area contributed by atoms with Crippen molar-refractivity contribution in [3.05, 3.63) is 57.1 Å². The van der Waals surface area contributed by atoms with E-state index in [-0.39, 0.29) is 11.4 Å². The number of anilines is 1. The molecule has 0 aromatic heterocycles. The zero-order chi connectivity index (χ0) is 13.1. The molecule has 0 aliphatic rings. The fourth-order valence-electron chi connectivity index (χ4n) is 1.41. The van der Waals surface area contributed by atoms with Crippen molar-refractivity contribution in [2.75, 3.05) is 5.73 Å². The molecule has 0 saturated heterocycles. The quantitative estimate of drug-likeness (QED) is 0.532. The average molecular weight is 309 g/mol. The van der Waals surface area contributed by atoms with Crippen molar-refractivity contribution in [3.8, 4) is 11.5 Å². The standard InChI is InChI=1S/C12H9BrN2O3/c13-8-5-6-12(10(7-8)15(16)17)18-11-4-2-1-3-9(11)14/h1-7H,14H2. The number of ether oxygens (including phenoxy) is 1. The molecule has 18 heavy (non-hydrogen) atoms. The number of hydrogen-bond donors (Lipinski definition) is 1. The first-order chi connectivity index (χ1) is 8.58. The van der Waals surface area contributed by atoms with Gasteiger partial charge in [0, 0.05) is 10.5 Å². The van der Waals surface area contributed by atoms with Crippen molar-refractivity contribution in [1.82, 2.24) is 0 Å². The van der Waals surface area contributed by atoms with Crippen LogP contribution in [0, 0.1) is 10.1 Å². The number of halogens is 1. The van der Waals surface area contributed by atoms with Crippen molar-refractivity contribution in [3.63, 3.8) is 0 Å². The lowest BCUT2D eigenvalue weighted by molar-refractivity contribution is -0.385. The van der Waals surface area contributed by atoms with Gasteiger partial charge in [0.25, 0.3) is 0 Å². The van der Waals surface area contributed by atoms with Gasteiger partial charge in [-0.1, -0.05) is 28.1 Å². The minimum absolute atomic E-state index is 0.118. The third kappa shape index (κ3) is 2.60. The number of benzene rings is 2. The molecule has 0 aliphatic heterocycles. The van der Waals surface area contributed by atoms with Crippen LogP contribution in [0.15, 0.2) is 46.9 Å². The van der Waals surface area contributed by atoms with E-state index in [0.717, 1.165) is 0 Å². The van der Waals surface area contributed by atoms with Crippen molar-refractivity contribution in [2.24, 2.45) is 0 Å². The Kier molecular flexibility index (Phi) is 3.47. The molecule has 2 N–H and O–H groups in total. The molecule has 0 atom stereocenters. The maximum atomic E-state index is 10.9. The van der Waals surface area contributed by atoms with Crippen LogP contribution in [0.25, 0.3) is 0 Å². The Hall–Kier alpha value is -2.08. The molecule has 5 nitrogen and oxygen atoms in total. The lowest BCUT2D eigenvalue weighted by Gasteiger charge is -2.08. The summed E-state index contributed by atoms with van der Waals surface area (Å²) in [6, 6.07) is 11.4. The van der Waals surface area contributed by atoms with Gasteiger partial charge in [-0.25, -0.2) is 0 Å². The highest BCUT2D eigenvalue weighted by Gasteiger charge is 2.16. The second-order valence-corrected chi connectivity index (χ2v) is 4.42. The second-order valence-electron chi connectivity index (χ2n) is 3.51. The van der Waals surface area contributed by atoms with Crippen LogP contribution in [0.5, 0.6) is 11.5 Å². The van der Waals surface area contributed by atoms with Crippen LogP contribution in [-0.2, 0) is 0 Å². The van der Waals surface area contributed by atoms with Crippen LogP contribution in [0.1, 0.15) is 0 Å². The SMILES string of the molecule is Nc1ccccc1Oc1ccc(Br)cc1[N+](=O)[O-]. The fraction of sp³-hybridized carbons (Fsp3) is 0. The van der Waals surface area contributed by atoms with Crippen LogP contribution in [0.4, 0.5) is 11.4 Å². The number of nitrogens with two attached hydrogens (primary N) is 1. The van der Waals surface area contributed by atoms with Gasteiger partial charge in [0.15, 0.2) is 5.75 Å². The monoisotopic (exact) mass is 308 g/mol. The first-order valence-corrected chi connectivity index (χ1v) is 5.83. The number of nitrogen functional groups attached to an aromatic ring is 1. The summed E-state index contributed by atoms with van der Waals surface area (Å²) >= 11 is 3.18. The van der Waals surface area contributed by atoms with Gasteiger partial charge in [0.05, 0.1) is 10.6 Å². The third-order valence-electron chi connectivity index (χ3n) is 2.26. The van der Waals surface area contributed by atoms with E-state index in [9.17, 15) is 10.1 Å². The predicted molar refractivity (Wildman–Crippen MR) is 71.7 cm³/mol. The predicted octanol–water partition coefficient (Wildman–Crippen LogP) is 3.73. The average Bonchev–Trinajstić information content (AvgIpc) is 2.34. The smallest absolute Gasteiger partial charge is 0.312 e. The summed E-state index contributed by atoms with van der Waals surface area (Å²) < 4.78 is 6.08. The van der Waals surface area contributed by atoms with E-state index in [2.05, 4.69) is 15.9 Å². The number of rotatable bonds is 3. The normalized spacial score (nSPS) is 10.1. The molecule has 2 rings (SSSR count). The molecular formula is C12H9BrN2O3. The Morgan fingerprint density at radius 1 is 1.17 bits per heavy atom. The molecule has 0 saturated carbocycles. The molecule has 0 amide bonds. The molecule has 0 spiro atoms. The number of hydrogen-bond acceptors (Lipinski definition) is 4. The van der Waals surface area contributed by atoms with Crippen LogP contribution >= 0.6 is 15.9 Å². The molecule has 2 aromatic carbocycles. The lowest BCUT2D eigenvalue weighted by atomic mass is 10.3. The molecule has 0 aliphatic carbocycles. The highest BCUT2D eigenvalue weighted by atomic mass is 79.9. The summed E-state index contributed by atoms with van der Waals surface area (Å²) in [4.78, 5) is 10.4. The second kappa shape index (κ2) is 5.05. The van der Waals surface area contributed by atoms with Crippen molar-refractivity contribution >= 4 is 27.3 Å². The molecular weight excluding hydrogens is 300 g/mol. The minimum atomic E-state index is -0.501. The van der Waals surface area contributed by atoms with E-state index in [1.807, 2.05) is 0 Å². The molecule has 0 bridgehead atoms. The third-order valence-corrected chi connectivity index (χ3v) is 2.75. The Balaban J connectivity index is 2.41. The van der Waals surface area contributed by atoms with E-state index >= 15 is 0 Å². The largest absolute Gasteiger partial charge is 0.448 e. The topological polar surface area (TPSA) is 78.4 Å². The minimum Gasteiger partial charge on any atom is -0.448 e. The molecule has 92 valence electrons. The summed E-state index contributed by atoms with van der Waals surface area (Å²) in [6.45, 7) is 0. The Morgan fingerprint density at radius 2 is 1.89 bits per heavy atom. The van der Waals surface area contributed by atoms with E-state index in [1.54, 1.807) is 30.3 Å². The molecule has 6 heteroatoms. The Morgan fingerprint density at radius 3 is 2.56 bits per heavy atom. The molecule has 0 heterocycles. The highest BCUT2D eigenvalue weighted by Crippen LogP contribution is 2.35. The van der Waals surface area contributed by atoms with Crippen LogP contribution < -0.4 is 10.5 Å². The molecule has 0 fully saturated rings. The van der Waals surface area contributed by atoms with Crippen molar-refractivity contribution in [1.29, 1.82) is 0 Å². The summed E-state index contributed by atoms with van der Waals surface area (Å²) in [5, 5.41) is 10.9. The number of nitro groups is 1. The summed E-state index contributed by atoms with van der Waals surface area (Å²) in [7, 11) is 0. The lowest BCUT2D eigenvalue weighted by Crippen LogP contribution is -1.95. The maximum absolute atomic E-state index is 10.9. The van der Waals surface area contributed by atoms with Crippen LogP contribution in [-0.4, -0.2) is 4.92 Å². The zero-order valence-corrected chi connectivity index (χ0v) is 10.8. The van der Waals surface area contributed by atoms with E-state index < -0.39 is 4.92 Å². The van der Waals surface area contributed by atoms with E-state index in [0.29, 0.717) is 15.9 Å². The van der Waals surface area contributed by atoms with Gasteiger partial charge in [-0.05, 0) is 24.3 Å². The van der Waals surface area contributed by atoms with Crippen molar-refractivity contribution < 1.29 is 9.66 Å². The first-order valence-electron chi connectivity index (χ1n) is 5.04. The zero-order valence-electron chi connectivity index (χ0n) is 9.17. The van der Waals surface area contributed by atoms with Gasteiger partial charge < -0.3 is 10.5 Å². The van der Waals surface area contributed by atoms with Crippen LogP contribution in [0.3, 0.4) is 0 Å². The first kappa shape index (κ1) is 12.4. The van der Waals surface area contributed by atoms with Gasteiger partial charge in [-0.2, -0.15) is 0 Å².